The molecule has 1 heterocycles. The monoisotopic (exact) mass is 476 g/mol. The van der Waals surface area contributed by atoms with Crippen molar-refractivity contribution in [3.8, 4) is 0 Å². The summed E-state index contributed by atoms with van der Waals surface area (Å²) in [7, 11) is 0. The number of hydrazone groups is 1. The van der Waals surface area contributed by atoms with E-state index in [0.29, 0.717) is 0 Å². The van der Waals surface area contributed by atoms with Crippen LogP contribution in [0.5, 0.6) is 0 Å². The number of nitrogens with one attached hydrogen (secondary N) is 2. The van der Waals surface area contributed by atoms with Crippen molar-refractivity contribution in [2.45, 2.75) is 12.1 Å². The maximum Gasteiger partial charge on any atom is 0.292 e. The minimum atomic E-state index is -0.558. The zero-order chi connectivity index (χ0) is 24.1. The maximum absolute atomic E-state index is 12.3. The molecule has 0 bridgehead atoms. The molecule has 34 heavy (non-hydrogen) atoms. The number of benzene rings is 3. The molecule has 11 nitrogen and oxygen atoms in total. The van der Waals surface area contributed by atoms with Crippen LogP contribution in [0, 0.1) is 10.1 Å². The number of hydrogen-bond donors (Lipinski definition) is 3. The molecule has 3 aromatic carbocycles. The number of hydrogen-bond acceptors (Lipinski definition) is 9. The summed E-state index contributed by atoms with van der Waals surface area (Å²) in [6.45, 7) is 1.86. The number of nitrogen functional groups attached to an aromatic ring is 1. The fraction of sp³-hybridized carbons (Fsp3) is 0.0909. The lowest BCUT2D eigenvalue weighted by Crippen LogP contribution is -2.17. The average molecular weight is 477 g/mol. The molecule has 0 saturated carbocycles. The molecule has 0 spiro atoms. The largest absolute Gasteiger partial charge is 0.334 e. The van der Waals surface area contributed by atoms with E-state index in [1.807, 2.05) is 49.4 Å². The molecule has 4 N–H and O–H groups in total. The maximum atomic E-state index is 12.3. The Morgan fingerprint density at radius 2 is 1.85 bits per heavy atom. The number of nitrogens with two attached hydrogens (primary N) is 1. The molecule has 1 amide bonds. The van der Waals surface area contributed by atoms with E-state index in [2.05, 4.69) is 26.0 Å². The first-order valence-corrected chi connectivity index (χ1v) is 11.1. The molecule has 0 unspecified atom stereocenters. The number of rotatable bonds is 8. The SMILES string of the molecule is C/C(=N\Nc1nnc(SCC(=O)Nc2ccccc2[N+](=O)[O-])n1N)c1ccc2ccccc2c1. The Morgan fingerprint density at radius 1 is 1.12 bits per heavy atom. The number of carbonyl (C=O) groups excluding carboxylic acids is 1. The first-order chi connectivity index (χ1) is 16.4. The number of aromatic nitrogens is 3. The van der Waals surface area contributed by atoms with Gasteiger partial charge in [-0.1, -0.05) is 60.3 Å². The molecule has 0 saturated heterocycles. The summed E-state index contributed by atoms with van der Waals surface area (Å²) in [6, 6.07) is 20.0. The average Bonchev–Trinajstić information content (AvgIpc) is 3.20. The second-order valence-corrected chi connectivity index (χ2v) is 8.10. The predicted octanol–water partition coefficient (Wildman–Crippen LogP) is 3.62. The number of carbonyl (C=O) groups is 1. The summed E-state index contributed by atoms with van der Waals surface area (Å²) in [5.74, 6) is 5.71. The molecule has 0 fully saturated rings. The molecular weight excluding hydrogens is 456 g/mol. The van der Waals surface area contributed by atoms with Crippen LogP contribution in [0.2, 0.25) is 0 Å². The van der Waals surface area contributed by atoms with Gasteiger partial charge in [-0.05, 0) is 35.4 Å². The fourth-order valence-electron chi connectivity index (χ4n) is 3.12. The third kappa shape index (κ3) is 5.13. The quantitative estimate of drug-likeness (QED) is 0.115. The molecule has 1 aromatic heterocycles. The Bertz CT molecular complexity index is 1400. The molecule has 0 aliphatic heterocycles. The first-order valence-electron chi connectivity index (χ1n) is 10.1. The molecule has 4 rings (SSSR count). The van der Waals surface area contributed by atoms with Crippen molar-refractivity contribution in [1.82, 2.24) is 14.9 Å². The van der Waals surface area contributed by atoms with Crippen LogP contribution in [0.4, 0.5) is 17.3 Å². The molecule has 0 atom stereocenters. The minimum absolute atomic E-state index is 0.0687. The van der Waals surface area contributed by atoms with Crippen molar-refractivity contribution in [3.05, 3.63) is 82.4 Å². The van der Waals surface area contributed by atoms with Crippen molar-refractivity contribution in [2.75, 3.05) is 22.3 Å². The van der Waals surface area contributed by atoms with Crippen LogP contribution in [0.3, 0.4) is 0 Å². The normalized spacial score (nSPS) is 11.4. The summed E-state index contributed by atoms with van der Waals surface area (Å²) < 4.78 is 1.18. The molecule has 172 valence electrons. The van der Waals surface area contributed by atoms with E-state index in [9.17, 15) is 14.9 Å². The van der Waals surface area contributed by atoms with E-state index in [4.69, 9.17) is 5.84 Å². The van der Waals surface area contributed by atoms with Gasteiger partial charge >= 0.3 is 0 Å². The van der Waals surface area contributed by atoms with Crippen molar-refractivity contribution in [1.29, 1.82) is 0 Å². The number of nitrogens with zero attached hydrogens (tertiary/aromatic N) is 5. The van der Waals surface area contributed by atoms with Crippen molar-refractivity contribution in [3.63, 3.8) is 0 Å². The predicted molar refractivity (Wildman–Crippen MR) is 132 cm³/mol. The highest BCUT2D eigenvalue weighted by atomic mass is 32.2. The Hall–Kier alpha value is -4.45. The number of nitro groups is 1. The minimum Gasteiger partial charge on any atom is -0.334 e. The highest BCUT2D eigenvalue weighted by Crippen LogP contribution is 2.24. The second-order valence-electron chi connectivity index (χ2n) is 7.16. The Morgan fingerprint density at radius 3 is 2.65 bits per heavy atom. The van der Waals surface area contributed by atoms with Gasteiger partial charge in [0.05, 0.1) is 16.4 Å². The summed E-state index contributed by atoms with van der Waals surface area (Å²) >= 11 is 1.04. The van der Waals surface area contributed by atoms with E-state index < -0.39 is 10.8 Å². The van der Waals surface area contributed by atoms with E-state index >= 15 is 0 Å². The first kappa shape index (κ1) is 22.7. The fourth-order valence-corrected chi connectivity index (χ4v) is 3.78. The lowest BCUT2D eigenvalue weighted by molar-refractivity contribution is -0.383. The lowest BCUT2D eigenvalue weighted by Gasteiger charge is -2.06. The number of fused-ring (bicyclic) bond motifs is 1. The number of anilines is 2. The molecule has 0 radical (unpaired) electrons. The van der Waals surface area contributed by atoms with Crippen LogP contribution in [0.25, 0.3) is 10.8 Å². The van der Waals surface area contributed by atoms with Crippen LogP contribution in [0.1, 0.15) is 12.5 Å². The summed E-state index contributed by atoms with van der Waals surface area (Å²) in [5, 5.41) is 28.4. The lowest BCUT2D eigenvalue weighted by atomic mass is 10.0. The zero-order valence-corrected chi connectivity index (χ0v) is 18.8. The standard InChI is InChI=1S/C22H20N8O3S/c1-14(16-11-10-15-6-2-3-7-17(15)12-16)25-26-21-27-28-22(29(21)23)34-13-20(31)24-18-8-4-5-9-19(18)30(32)33/h2-12H,13,23H2,1H3,(H,24,31)(H,26,27)/b25-14+. The van der Waals surface area contributed by atoms with Crippen LogP contribution in [0.15, 0.2) is 77.0 Å². The number of nitro benzene ring substituents is 1. The van der Waals surface area contributed by atoms with Crippen molar-refractivity contribution >= 4 is 51.5 Å². The number of amides is 1. The smallest absolute Gasteiger partial charge is 0.292 e. The van der Waals surface area contributed by atoms with Gasteiger partial charge in [-0.15, -0.1) is 10.2 Å². The van der Waals surface area contributed by atoms with E-state index in [-0.39, 0.29) is 28.2 Å². The summed E-state index contributed by atoms with van der Waals surface area (Å²) in [6.07, 6.45) is 0. The van der Waals surface area contributed by atoms with Crippen LogP contribution in [-0.4, -0.2) is 37.2 Å². The number of thioether (sulfide) groups is 1. The van der Waals surface area contributed by atoms with Gasteiger partial charge in [-0.2, -0.15) is 5.10 Å². The van der Waals surface area contributed by atoms with E-state index in [1.165, 1.54) is 22.9 Å². The van der Waals surface area contributed by atoms with Gasteiger partial charge in [0.2, 0.25) is 11.1 Å². The van der Waals surface area contributed by atoms with Gasteiger partial charge in [0.1, 0.15) is 5.69 Å². The molecule has 0 aliphatic rings. The Kier molecular flexibility index (Phi) is 6.69. The van der Waals surface area contributed by atoms with Crippen molar-refractivity contribution < 1.29 is 9.72 Å². The highest BCUT2D eigenvalue weighted by Gasteiger charge is 2.16. The summed E-state index contributed by atoms with van der Waals surface area (Å²) in [4.78, 5) is 22.8. The van der Waals surface area contributed by atoms with Gasteiger partial charge in [-0.25, -0.2) is 10.1 Å². The topological polar surface area (TPSA) is 153 Å². The van der Waals surface area contributed by atoms with Crippen LogP contribution in [-0.2, 0) is 4.79 Å². The van der Waals surface area contributed by atoms with Gasteiger partial charge in [0.15, 0.2) is 0 Å². The van der Waals surface area contributed by atoms with E-state index in [1.54, 1.807) is 6.07 Å². The van der Waals surface area contributed by atoms with Crippen LogP contribution < -0.4 is 16.6 Å². The molecular formula is C22H20N8O3S. The van der Waals surface area contributed by atoms with Gasteiger partial charge in [0.25, 0.3) is 11.6 Å². The zero-order valence-electron chi connectivity index (χ0n) is 18.0. The third-order valence-corrected chi connectivity index (χ3v) is 5.81. The van der Waals surface area contributed by atoms with Crippen molar-refractivity contribution in [2.24, 2.45) is 5.10 Å². The third-order valence-electron chi connectivity index (χ3n) is 4.86. The van der Waals surface area contributed by atoms with Crippen LogP contribution >= 0.6 is 11.8 Å². The van der Waals surface area contributed by atoms with E-state index in [0.717, 1.165) is 33.8 Å². The number of para-hydroxylation sites is 2. The van der Waals surface area contributed by atoms with Gasteiger partial charge in [-0.3, -0.25) is 14.9 Å². The molecule has 12 heteroatoms. The molecule has 4 aromatic rings. The molecule has 0 aliphatic carbocycles. The Labute approximate surface area is 198 Å². The Balaban J connectivity index is 1.38. The highest BCUT2D eigenvalue weighted by molar-refractivity contribution is 7.99. The van der Waals surface area contributed by atoms with Gasteiger partial charge < -0.3 is 11.2 Å². The second kappa shape index (κ2) is 10.0. The van der Waals surface area contributed by atoms with Gasteiger partial charge in [0, 0.05) is 6.07 Å². The summed E-state index contributed by atoms with van der Waals surface area (Å²) in [5.41, 5.74) is 4.39.